The van der Waals surface area contributed by atoms with Gasteiger partial charge in [0.25, 0.3) is 5.91 Å². The highest BCUT2D eigenvalue weighted by Gasteiger charge is 2.08. The molecule has 2 rings (SSSR count). The number of nitrogens with one attached hydrogen (secondary N) is 2. The van der Waals surface area contributed by atoms with Gasteiger partial charge in [-0.05, 0) is 42.5 Å². The summed E-state index contributed by atoms with van der Waals surface area (Å²) in [6.07, 6.45) is 8.78. The second-order valence-electron chi connectivity index (χ2n) is 7.12. The molecule has 2 N–H and O–H groups in total. The van der Waals surface area contributed by atoms with Crippen LogP contribution in [0.5, 0.6) is 0 Å². The highest BCUT2D eigenvalue weighted by Crippen LogP contribution is 2.15. The normalized spacial score (nSPS) is 11.3. The Kier molecular flexibility index (Phi) is 10.1. The van der Waals surface area contributed by atoms with Crippen molar-refractivity contribution in [3.05, 3.63) is 52.2 Å². The number of unbranched alkanes of at least 4 members (excludes halogenated alkanes) is 6. The number of carbonyl (C=O) groups excluding carboxylic acids is 2. The Morgan fingerprint density at radius 2 is 1.76 bits per heavy atom. The number of hydrogen-bond acceptors (Lipinski definition) is 4. The zero-order valence-electron chi connectivity index (χ0n) is 17.4. The third-order valence-electron chi connectivity index (χ3n) is 4.64. The molecule has 0 aliphatic heterocycles. The molecule has 0 aliphatic rings. The molecule has 1 aromatic carbocycles. The van der Waals surface area contributed by atoms with Crippen molar-refractivity contribution in [3.8, 4) is 0 Å². The zero-order chi connectivity index (χ0) is 20.9. The summed E-state index contributed by atoms with van der Waals surface area (Å²) in [5, 5.41) is 8.97. The van der Waals surface area contributed by atoms with Gasteiger partial charge in [-0.25, -0.2) is 5.43 Å². The number of anilines is 1. The fraction of sp³-hybridized carbons (Fsp3) is 0.435. The molecular weight excluding hydrogens is 382 g/mol. The van der Waals surface area contributed by atoms with Gasteiger partial charge in [-0.2, -0.15) is 5.10 Å². The van der Waals surface area contributed by atoms with E-state index in [9.17, 15) is 9.59 Å². The number of thiophene rings is 1. The Morgan fingerprint density at radius 1 is 1.00 bits per heavy atom. The van der Waals surface area contributed by atoms with Crippen LogP contribution < -0.4 is 10.7 Å². The summed E-state index contributed by atoms with van der Waals surface area (Å²) in [5.74, 6) is -0.185. The topological polar surface area (TPSA) is 70.6 Å². The first kappa shape index (κ1) is 22.8. The molecule has 2 aromatic rings. The van der Waals surface area contributed by atoms with Crippen LogP contribution in [0.25, 0.3) is 0 Å². The lowest BCUT2D eigenvalue weighted by molar-refractivity contribution is -0.121. The lowest BCUT2D eigenvalue weighted by Crippen LogP contribution is -2.19. The Hall–Kier alpha value is -2.47. The molecule has 29 heavy (non-hydrogen) atoms. The summed E-state index contributed by atoms with van der Waals surface area (Å²) >= 11 is 1.40. The van der Waals surface area contributed by atoms with Gasteiger partial charge in [-0.1, -0.05) is 63.6 Å². The van der Waals surface area contributed by atoms with Crippen LogP contribution in [0.15, 0.2) is 46.9 Å². The van der Waals surface area contributed by atoms with Gasteiger partial charge in [0.2, 0.25) is 5.91 Å². The zero-order valence-corrected chi connectivity index (χ0v) is 18.2. The van der Waals surface area contributed by atoms with Gasteiger partial charge >= 0.3 is 0 Å². The lowest BCUT2D eigenvalue weighted by Gasteiger charge is -2.07. The van der Waals surface area contributed by atoms with Crippen LogP contribution in [0.4, 0.5) is 5.69 Å². The van der Waals surface area contributed by atoms with Gasteiger partial charge < -0.3 is 5.32 Å². The van der Waals surface area contributed by atoms with Crippen molar-refractivity contribution in [1.82, 2.24) is 5.43 Å². The van der Waals surface area contributed by atoms with Crippen LogP contribution in [-0.4, -0.2) is 17.5 Å². The SMILES string of the molecule is CCCCCCCCCC(=O)NN=C(C)c1cccc(NC(=O)c2cccs2)c1. The summed E-state index contributed by atoms with van der Waals surface area (Å²) in [6, 6.07) is 11.1. The van der Waals surface area contributed by atoms with E-state index in [-0.39, 0.29) is 11.8 Å². The predicted octanol–water partition coefficient (Wildman–Crippen LogP) is 5.98. The fourth-order valence-corrected chi connectivity index (χ4v) is 3.55. The first-order valence-electron chi connectivity index (χ1n) is 10.4. The standard InChI is InChI=1S/C23H31N3O2S/c1-3-4-5-6-7-8-9-15-22(27)26-25-18(2)19-12-10-13-20(17-19)24-23(28)21-14-11-16-29-21/h10-14,16-17H,3-9,15H2,1-2H3,(H,24,28)(H,26,27). The van der Waals surface area contributed by atoms with Crippen LogP contribution in [-0.2, 0) is 4.79 Å². The van der Waals surface area contributed by atoms with E-state index in [1.54, 1.807) is 6.07 Å². The molecule has 0 aliphatic carbocycles. The van der Waals surface area contributed by atoms with Gasteiger partial charge in [0.1, 0.15) is 0 Å². The number of nitrogens with zero attached hydrogens (tertiary/aromatic N) is 1. The van der Waals surface area contributed by atoms with E-state index in [4.69, 9.17) is 0 Å². The molecule has 0 bridgehead atoms. The first-order valence-corrected chi connectivity index (χ1v) is 11.3. The van der Waals surface area contributed by atoms with E-state index in [1.807, 2.05) is 42.6 Å². The van der Waals surface area contributed by atoms with Gasteiger partial charge in [0, 0.05) is 12.1 Å². The summed E-state index contributed by atoms with van der Waals surface area (Å²) in [7, 11) is 0. The second kappa shape index (κ2) is 12.9. The fourth-order valence-electron chi connectivity index (χ4n) is 2.93. The molecule has 6 heteroatoms. The third kappa shape index (κ3) is 8.60. The molecule has 5 nitrogen and oxygen atoms in total. The molecule has 1 aromatic heterocycles. The Labute approximate surface area is 177 Å². The van der Waals surface area contributed by atoms with Crippen molar-refractivity contribution in [2.24, 2.45) is 5.10 Å². The number of hydrazone groups is 1. The Morgan fingerprint density at radius 3 is 2.48 bits per heavy atom. The van der Waals surface area contributed by atoms with Crippen molar-refractivity contribution >= 4 is 34.6 Å². The quantitative estimate of drug-likeness (QED) is 0.255. The molecule has 1 heterocycles. The van der Waals surface area contributed by atoms with Crippen LogP contribution in [0.3, 0.4) is 0 Å². The molecule has 0 spiro atoms. The average Bonchev–Trinajstić information content (AvgIpc) is 3.26. The Bertz CT molecular complexity index is 800. The monoisotopic (exact) mass is 413 g/mol. The molecule has 0 unspecified atom stereocenters. The van der Waals surface area contributed by atoms with E-state index >= 15 is 0 Å². The lowest BCUT2D eigenvalue weighted by atomic mass is 10.1. The molecule has 156 valence electrons. The maximum Gasteiger partial charge on any atom is 0.265 e. The second-order valence-corrected chi connectivity index (χ2v) is 8.06. The third-order valence-corrected chi connectivity index (χ3v) is 5.51. The Balaban J connectivity index is 1.77. The first-order chi connectivity index (χ1) is 14.1. The number of carbonyl (C=O) groups is 2. The highest BCUT2D eigenvalue weighted by atomic mass is 32.1. The molecule has 0 saturated heterocycles. The number of amides is 2. The highest BCUT2D eigenvalue weighted by molar-refractivity contribution is 7.12. The maximum atomic E-state index is 12.2. The summed E-state index contributed by atoms with van der Waals surface area (Å²) < 4.78 is 0. The minimum atomic E-state index is -0.130. The average molecular weight is 414 g/mol. The number of rotatable bonds is 12. The van der Waals surface area contributed by atoms with Crippen LogP contribution in [0.2, 0.25) is 0 Å². The van der Waals surface area contributed by atoms with E-state index in [1.165, 1.54) is 43.4 Å². The van der Waals surface area contributed by atoms with Crippen molar-refractivity contribution in [3.63, 3.8) is 0 Å². The number of hydrogen-bond donors (Lipinski definition) is 2. The molecule has 0 fully saturated rings. The van der Waals surface area contributed by atoms with Crippen molar-refractivity contribution in [1.29, 1.82) is 0 Å². The summed E-state index contributed by atoms with van der Waals surface area (Å²) in [5.41, 5.74) is 4.89. The van der Waals surface area contributed by atoms with Gasteiger partial charge in [0.05, 0.1) is 10.6 Å². The minimum absolute atomic E-state index is 0.0555. The molecule has 0 saturated carbocycles. The van der Waals surface area contributed by atoms with Crippen molar-refractivity contribution < 1.29 is 9.59 Å². The van der Waals surface area contributed by atoms with E-state index in [0.29, 0.717) is 22.7 Å². The van der Waals surface area contributed by atoms with Crippen molar-refractivity contribution in [2.45, 2.75) is 65.2 Å². The molecule has 0 atom stereocenters. The largest absolute Gasteiger partial charge is 0.321 e. The summed E-state index contributed by atoms with van der Waals surface area (Å²) in [4.78, 5) is 24.8. The van der Waals surface area contributed by atoms with Crippen molar-refractivity contribution in [2.75, 3.05) is 5.32 Å². The minimum Gasteiger partial charge on any atom is -0.321 e. The van der Waals surface area contributed by atoms with Crippen LogP contribution in [0.1, 0.15) is 80.4 Å². The molecular formula is C23H31N3O2S. The van der Waals surface area contributed by atoms with Gasteiger partial charge in [-0.15, -0.1) is 11.3 Å². The summed E-state index contributed by atoms with van der Waals surface area (Å²) in [6.45, 7) is 4.05. The predicted molar refractivity (Wildman–Crippen MR) is 122 cm³/mol. The van der Waals surface area contributed by atoms with E-state index < -0.39 is 0 Å². The van der Waals surface area contributed by atoms with E-state index in [2.05, 4.69) is 22.8 Å². The van der Waals surface area contributed by atoms with Gasteiger partial charge in [-0.3, -0.25) is 9.59 Å². The van der Waals surface area contributed by atoms with Crippen LogP contribution in [0, 0.1) is 0 Å². The smallest absolute Gasteiger partial charge is 0.265 e. The number of benzene rings is 1. The maximum absolute atomic E-state index is 12.2. The van der Waals surface area contributed by atoms with Gasteiger partial charge in [0.15, 0.2) is 0 Å². The van der Waals surface area contributed by atoms with E-state index in [0.717, 1.165) is 18.4 Å². The van der Waals surface area contributed by atoms with Crippen LogP contribution >= 0.6 is 11.3 Å². The molecule has 0 radical (unpaired) electrons. The molecule has 2 amide bonds.